The lowest BCUT2D eigenvalue weighted by Gasteiger charge is -2.28. The summed E-state index contributed by atoms with van der Waals surface area (Å²) in [6.45, 7) is 5.38. The molecule has 11 atom stereocenters. The molecule has 1 fully saturated rings. The van der Waals surface area contributed by atoms with Gasteiger partial charge in [-0.1, -0.05) is 44.2 Å². The molecule has 1 saturated heterocycles. The molecule has 1 aromatic carbocycles. The van der Waals surface area contributed by atoms with Crippen molar-refractivity contribution in [3.05, 3.63) is 35.9 Å². The smallest absolute Gasteiger partial charge is 0.245 e. The summed E-state index contributed by atoms with van der Waals surface area (Å²) in [5.74, 6) is -8.78. The average Bonchev–Trinajstić information content (AvgIpc) is 3.28. The van der Waals surface area contributed by atoms with Crippen LogP contribution >= 0.6 is 0 Å². The van der Waals surface area contributed by atoms with Gasteiger partial charge in [-0.25, -0.2) is 0 Å². The molecule has 24 heteroatoms. The fourth-order valence-electron chi connectivity index (χ4n) is 7.27. The van der Waals surface area contributed by atoms with Gasteiger partial charge in [0.2, 0.25) is 47.3 Å². The molecule has 1 aromatic rings. The van der Waals surface area contributed by atoms with E-state index in [-0.39, 0.29) is 83.6 Å². The van der Waals surface area contributed by atoms with E-state index in [4.69, 9.17) is 28.7 Å². The molecule has 1 aliphatic rings. The van der Waals surface area contributed by atoms with Crippen LogP contribution in [-0.4, -0.2) is 157 Å². The van der Waals surface area contributed by atoms with E-state index in [1.54, 1.807) is 30.3 Å². The van der Waals surface area contributed by atoms with Crippen molar-refractivity contribution in [1.82, 2.24) is 42.5 Å². The second-order valence-corrected chi connectivity index (χ2v) is 17.4. The highest BCUT2D eigenvalue weighted by Crippen LogP contribution is 2.15. The van der Waals surface area contributed by atoms with E-state index in [1.165, 1.54) is 13.8 Å². The number of nitrogens with two attached hydrogens (primary N) is 5. The minimum Gasteiger partial charge on any atom is -0.391 e. The van der Waals surface area contributed by atoms with Crippen LogP contribution in [0.3, 0.4) is 0 Å². The van der Waals surface area contributed by atoms with E-state index >= 15 is 0 Å². The van der Waals surface area contributed by atoms with Crippen molar-refractivity contribution in [3.63, 3.8) is 0 Å². The molecule has 24 nitrogen and oxygen atoms in total. The Labute approximate surface area is 396 Å². The van der Waals surface area contributed by atoms with Crippen LogP contribution in [-0.2, 0) is 49.6 Å². The van der Waals surface area contributed by atoms with Gasteiger partial charge in [-0.05, 0) is 90.0 Å². The molecule has 1 heterocycles. The van der Waals surface area contributed by atoms with Gasteiger partial charge in [0, 0.05) is 25.3 Å². The predicted molar refractivity (Wildman–Crippen MR) is 250 cm³/mol. The molecule has 20 N–H and O–H groups in total. The Hall–Kier alpha value is -5.63. The van der Waals surface area contributed by atoms with Crippen LogP contribution in [0.4, 0.5) is 0 Å². The number of nitrogens with one attached hydrogen (secondary N) is 8. The number of Topliss-reactive ketones (excluding diaryl/α,β-unsaturated/α-hetero) is 1. The molecule has 0 bridgehead atoms. The standard InChI is InChI=1S/C44H75N13O11/c1-23(2)20-32-41(65)51-28(11-16-46)34(60)22-27(10-15-45)37(61)57-36(25(4)59)44(68)50-19-14-31(53-38(62)30(13-18-48)54-43(67)35(49)24(3)58)40(64)52-29(12-17-47)39(63)56-33(42(66)55-32)21-26-8-6-5-7-9-26/h5-9,23-25,27-33,35-36,58-59H,10-22,45-49H2,1-4H3,(H,50,68)(H,51,65)(H,52,64)(H,53,62)(H,54,67)(H,55,66)(H,56,63)(H,57,61). The van der Waals surface area contributed by atoms with Crippen LogP contribution in [0.1, 0.15) is 78.2 Å². The third-order valence-corrected chi connectivity index (χ3v) is 11.2. The highest BCUT2D eigenvalue weighted by molar-refractivity contribution is 5.98. The van der Waals surface area contributed by atoms with Gasteiger partial charge < -0.3 is 81.4 Å². The first-order valence-corrected chi connectivity index (χ1v) is 23.1. The molecule has 1 aliphatic heterocycles. The zero-order valence-electron chi connectivity index (χ0n) is 39.5. The maximum Gasteiger partial charge on any atom is 0.245 e. The molecule has 8 amide bonds. The summed E-state index contributed by atoms with van der Waals surface area (Å²) in [5.41, 5.74) is 29.7. The molecular formula is C44H75N13O11. The first-order chi connectivity index (χ1) is 32.2. The monoisotopic (exact) mass is 962 g/mol. The zero-order valence-corrected chi connectivity index (χ0v) is 39.5. The Morgan fingerprint density at radius 3 is 1.81 bits per heavy atom. The van der Waals surface area contributed by atoms with Crippen LogP contribution in [0, 0.1) is 11.8 Å². The quantitative estimate of drug-likeness (QED) is 0.0652. The number of rotatable bonds is 18. The zero-order chi connectivity index (χ0) is 51.1. The summed E-state index contributed by atoms with van der Waals surface area (Å²) in [7, 11) is 0. The van der Waals surface area contributed by atoms with Gasteiger partial charge in [0.25, 0.3) is 0 Å². The van der Waals surface area contributed by atoms with Crippen LogP contribution in [0.25, 0.3) is 0 Å². The van der Waals surface area contributed by atoms with Gasteiger partial charge in [-0.2, -0.15) is 0 Å². The number of amides is 8. The number of ketones is 1. The second-order valence-electron chi connectivity index (χ2n) is 17.4. The van der Waals surface area contributed by atoms with Gasteiger partial charge in [-0.15, -0.1) is 0 Å². The summed E-state index contributed by atoms with van der Waals surface area (Å²) in [6.07, 6.45) is -3.97. The maximum absolute atomic E-state index is 14.3. The molecular weight excluding hydrogens is 887 g/mol. The first kappa shape index (κ1) is 58.5. The minimum atomic E-state index is -1.59. The van der Waals surface area contributed by atoms with Crippen molar-refractivity contribution < 1.29 is 53.4 Å². The normalized spacial score (nSPS) is 25.0. The molecule has 0 saturated carbocycles. The average molecular weight is 962 g/mol. The van der Waals surface area contributed by atoms with E-state index < -0.39 is 126 Å². The van der Waals surface area contributed by atoms with E-state index in [0.717, 1.165) is 0 Å². The molecule has 2 rings (SSSR count). The van der Waals surface area contributed by atoms with E-state index in [2.05, 4.69) is 42.5 Å². The van der Waals surface area contributed by atoms with Crippen molar-refractivity contribution in [2.75, 3.05) is 32.7 Å². The number of aliphatic hydroxyl groups is 2. The Morgan fingerprint density at radius 1 is 0.676 bits per heavy atom. The van der Waals surface area contributed by atoms with Crippen LogP contribution in [0.5, 0.6) is 0 Å². The topological polar surface area (TPSA) is 420 Å². The Kier molecular flexibility index (Phi) is 25.8. The highest BCUT2D eigenvalue weighted by Gasteiger charge is 2.36. The minimum absolute atomic E-state index is 0.0340. The van der Waals surface area contributed by atoms with E-state index in [1.807, 2.05) is 13.8 Å². The fourth-order valence-corrected chi connectivity index (χ4v) is 7.27. The van der Waals surface area contributed by atoms with Crippen LogP contribution < -0.4 is 71.2 Å². The number of benzene rings is 1. The SMILES string of the molecule is CC(C)CC1NC(=O)C(Cc2ccccc2)NC(=O)C(CCN)NC(=O)C(NC(=O)C(CCN)NC(=O)C(N)C(C)O)CCNC(=O)C(C(C)O)NC(=O)C(CCN)CC(=O)C(CCN)NC1=O. The largest absolute Gasteiger partial charge is 0.391 e. The van der Waals surface area contributed by atoms with Gasteiger partial charge in [0.05, 0.1) is 18.2 Å². The first-order valence-electron chi connectivity index (χ1n) is 23.1. The Bertz CT molecular complexity index is 1840. The van der Waals surface area contributed by atoms with Crippen LogP contribution in [0.15, 0.2) is 30.3 Å². The predicted octanol–water partition coefficient (Wildman–Crippen LogP) is -5.75. The highest BCUT2D eigenvalue weighted by atomic mass is 16.3. The van der Waals surface area contributed by atoms with Crippen molar-refractivity contribution in [2.45, 2.75) is 140 Å². The molecule has 0 aliphatic carbocycles. The van der Waals surface area contributed by atoms with Gasteiger partial charge in [0.15, 0.2) is 5.78 Å². The number of hydrogen-bond donors (Lipinski definition) is 15. The van der Waals surface area contributed by atoms with Crippen molar-refractivity contribution in [2.24, 2.45) is 40.5 Å². The lowest BCUT2D eigenvalue weighted by Crippen LogP contribution is -2.61. The van der Waals surface area contributed by atoms with Crippen molar-refractivity contribution in [1.29, 1.82) is 0 Å². The van der Waals surface area contributed by atoms with Gasteiger partial charge in [0.1, 0.15) is 42.3 Å². The number of aliphatic hydroxyl groups excluding tert-OH is 2. The van der Waals surface area contributed by atoms with Crippen LogP contribution in [0.2, 0.25) is 0 Å². The number of carbonyl (C=O) groups excluding carboxylic acids is 9. The third kappa shape index (κ3) is 19.5. The van der Waals surface area contributed by atoms with Gasteiger partial charge in [-0.3, -0.25) is 43.2 Å². The molecule has 382 valence electrons. The summed E-state index contributed by atoms with van der Waals surface area (Å²) in [5, 5.41) is 41.1. The number of carbonyl (C=O) groups is 9. The van der Waals surface area contributed by atoms with Gasteiger partial charge >= 0.3 is 0 Å². The van der Waals surface area contributed by atoms with E-state index in [0.29, 0.717) is 5.56 Å². The molecule has 0 radical (unpaired) electrons. The Morgan fingerprint density at radius 2 is 1.24 bits per heavy atom. The summed E-state index contributed by atoms with van der Waals surface area (Å²) in [6, 6.07) is -2.51. The lowest BCUT2D eigenvalue weighted by molar-refractivity contribution is -0.136. The molecule has 11 unspecified atom stereocenters. The van der Waals surface area contributed by atoms with Crippen molar-refractivity contribution in [3.8, 4) is 0 Å². The number of hydrogen-bond acceptors (Lipinski definition) is 16. The van der Waals surface area contributed by atoms with Crippen molar-refractivity contribution >= 4 is 53.0 Å². The second kappa shape index (κ2) is 30.0. The summed E-state index contributed by atoms with van der Waals surface area (Å²) in [4.78, 5) is 124. The maximum atomic E-state index is 14.3. The summed E-state index contributed by atoms with van der Waals surface area (Å²) >= 11 is 0. The molecule has 68 heavy (non-hydrogen) atoms. The van der Waals surface area contributed by atoms with E-state index in [9.17, 15) is 53.4 Å². The molecule has 0 aromatic heterocycles. The summed E-state index contributed by atoms with van der Waals surface area (Å²) < 4.78 is 0. The fraction of sp³-hybridized carbons (Fsp3) is 0.659. The molecule has 0 spiro atoms. The third-order valence-electron chi connectivity index (χ3n) is 11.2. The lowest BCUT2D eigenvalue weighted by atomic mass is 9.92. The Balaban J connectivity index is 2.74.